The fourth-order valence-corrected chi connectivity index (χ4v) is 10.0. The minimum atomic E-state index is -0.531. The van der Waals surface area contributed by atoms with E-state index in [-0.39, 0.29) is 0 Å². The fraction of sp³-hybridized carbons (Fsp3) is 0.0169. The molecule has 0 amide bonds. The number of hydrogen-bond acceptors (Lipinski definition) is 2. The molecular formula is C59H38N2. The van der Waals surface area contributed by atoms with E-state index in [1.807, 2.05) is 0 Å². The van der Waals surface area contributed by atoms with Gasteiger partial charge in [0, 0.05) is 16.7 Å². The minimum Gasteiger partial charge on any atom is -0.228 e. The van der Waals surface area contributed by atoms with Gasteiger partial charge in [0.05, 0.1) is 16.8 Å². The third kappa shape index (κ3) is 5.57. The molecule has 0 bridgehead atoms. The van der Waals surface area contributed by atoms with E-state index in [0.29, 0.717) is 5.82 Å². The first-order valence-electron chi connectivity index (χ1n) is 21.0. The van der Waals surface area contributed by atoms with Crippen LogP contribution < -0.4 is 0 Å². The second kappa shape index (κ2) is 14.1. The highest BCUT2D eigenvalue weighted by atomic mass is 14.9. The maximum Gasteiger partial charge on any atom is 0.160 e. The van der Waals surface area contributed by atoms with Crippen molar-refractivity contribution in [3.05, 3.63) is 253 Å². The zero-order valence-electron chi connectivity index (χ0n) is 33.3. The summed E-state index contributed by atoms with van der Waals surface area (Å²) in [6.45, 7) is 0. The summed E-state index contributed by atoms with van der Waals surface area (Å²) in [4.78, 5) is 10.7. The van der Waals surface area contributed by atoms with Gasteiger partial charge in [-0.05, 0) is 96.1 Å². The SMILES string of the molecule is c1ccc(-c2ccc(-c3cc(-c4ccc5c(c4)-c4ccccc4C54c5ccccc5-c5ccccc5-c5ccccc54)nc(-c4cccc(-c5ccccc5)c4)n3)cc2)cc1. The highest BCUT2D eigenvalue weighted by Crippen LogP contribution is 2.61. The van der Waals surface area contributed by atoms with Crippen molar-refractivity contribution in [1.82, 2.24) is 9.97 Å². The molecule has 1 aromatic heterocycles. The third-order valence-corrected chi connectivity index (χ3v) is 12.8. The summed E-state index contributed by atoms with van der Waals surface area (Å²) < 4.78 is 0. The molecule has 1 heterocycles. The fourth-order valence-electron chi connectivity index (χ4n) is 10.0. The molecule has 10 aromatic rings. The highest BCUT2D eigenvalue weighted by molar-refractivity contribution is 5.98. The summed E-state index contributed by atoms with van der Waals surface area (Å²) in [7, 11) is 0. The van der Waals surface area contributed by atoms with Crippen LogP contribution in [-0.2, 0) is 5.41 Å². The smallest absolute Gasteiger partial charge is 0.160 e. The van der Waals surface area contributed by atoms with Gasteiger partial charge in [-0.1, -0.05) is 212 Å². The van der Waals surface area contributed by atoms with Crippen LogP contribution in [0.4, 0.5) is 0 Å². The lowest BCUT2D eigenvalue weighted by Crippen LogP contribution is -2.29. The molecule has 0 unspecified atom stereocenters. The van der Waals surface area contributed by atoms with Crippen LogP contribution in [0.25, 0.3) is 89.5 Å². The Kier molecular flexibility index (Phi) is 8.11. The van der Waals surface area contributed by atoms with Gasteiger partial charge >= 0.3 is 0 Å². The molecule has 2 aliphatic rings. The van der Waals surface area contributed by atoms with Gasteiger partial charge in [0.25, 0.3) is 0 Å². The second-order valence-electron chi connectivity index (χ2n) is 16.0. The zero-order valence-corrected chi connectivity index (χ0v) is 33.3. The minimum absolute atomic E-state index is 0.531. The standard InChI is InChI=1S/C59H38N2/c1-3-16-39(17-4-1)41-30-32-42(33-31-41)56-38-57(61-58(60-56)45-21-15-20-43(36-45)40-18-5-2-6-19-40)44-34-35-55-51(37-44)50-26-11-14-29-54(50)59(55)52-27-12-9-24-48(52)46-22-7-8-23-47(46)49-25-10-13-28-53(49)59/h1-38H. The normalized spacial score (nSPS) is 12.7. The largest absolute Gasteiger partial charge is 0.228 e. The van der Waals surface area contributed by atoms with Crippen molar-refractivity contribution >= 4 is 0 Å². The Morgan fingerprint density at radius 1 is 0.230 bits per heavy atom. The molecule has 0 atom stereocenters. The average Bonchev–Trinajstić information content (AvgIpc) is 3.58. The molecule has 2 nitrogen and oxygen atoms in total. The number of rotatable bonds is 5. The van der Waals surface area contributed by atoms with E-state index in [1.165, 1.54) is 66.8 Å². The van der Waals surface area contributed by atoms with Crippen LogP contribution >= 0.6 is 0 Å². The summed E-state index contributed by atoms with van der Waals surface area (Å²) in [5.74, 6) is 0.694. The van der Waals surface area contributed by atoms with E-state index in [1.54, 1.807) is 0 Å². The van der Waals surface area contributed by atoms with Crippen molar-refractivity contribution < 1.29 is 0 Å². The van der Waals surface area contributed by atoms with Crippen LogP contribution in [-0.4, -0.2) is 9.97 Å². The van der Waals surface area contributed by atoms with Crippen molar-refractivity contribution in [2.24, 2.45) is 0 Å². The molecular weight excluding hydrogens is 737 g/mol. The molecule has 0 saturated carbocycles. The number of hydrogen-bond donors (Lipinski definition) is 0. The molecule has 2 heteroatoms. The molecule has 0 fully saturated rings. The predicted octanol–water partition coefficient (Wildman–Crippen LogP) is 14.8. The maximum atomic E-state index is 5.39. The molecule has 12 rings (SSSR count). The summed E-state index contributed by atoms with van der Waals surface area (Å²) in [6.07, 6.45) is 0. The Balaban J connectivity index is 1.07. The number of nitrogens with zero attached hydrogens (tertiary/aromatic N) is 2. The summed E-state index contributed by atoms with van der Waals surface area (Å²) in [6, 6.07) is 83.6. The zero-order chi connectivity index (χ0) is 40.3. The average molecular weight is 775 g/mol. The van der Waals surface area contributed by atoms with Crippen molar-refractivity contribution in [1.29, 1.82) is 0 Å². The molecule has 0 radical (unpaired) electrons. The number of fused-ring (bicyclic) bond motifs is 12. The van der Waals surface area contributed by atoms with Crippen LogP contribution in [0.15, 0.2) is 231 Å². The van der Waals surface area contributed by atoms with E-state index in [9.17, 15) is 0 Å². The van der Waals surface area contributed by atoms with Crippen molar-refractivity contribution in [2.45, 2.75) is 5.41 Å². The molecule has 284 valence electrons. The van der Waals surface area contributed by atoms with E-state index >= 15 is 0 Å². The van der Waals surface area contributed by atoms with Crippen LogP contribution in [0, 0.1) is 0 Å². The van der Waals surface area contributed by atoms with Gasteiger partial charge in [-0.15, -0.1) is 0 Å². The second-order valence-corrected chi connectivity index (χ2v) is 16.0. The van der Waals surface area contributed by atoms with Gasteiger partial charge < -0.3 is 0 Å². The number of benzene rings is 9. The summed E-state index contributed by atoms with van der Waals surface area (Å²) in [5, 5.41) is 0. The van der Waals surface area contributed by atoms with Crippen molar-refractivity contribution in [3.8, 4) is 89.5 Å². The van der Waals surface area contributed by atoms with E-state index in [2.05, 4.69) is 231 Å². The third-order valence-electron chi connectivity index (χ3n) is 12.8. The van der Waals surface area contributed by atoms with Crippen LogP contribution in [0.5, 0.6) is 0 Å². The Bertz CT molecular complexity index is 3230. The highest BCUT2D eigenvalue weighted by Gasteiger charge is 2.49. The topological polar surface area (TPSA) is 25.8 Å². The van der Waals surface area contributed by atoms with Gasteiger partial charge in [-0.25, -0.2) is 9.97 Å². The monoisotopic (exact) mass is 774 g/mol. The molecule has 61 heavy (non-hydrogen) atoms. The van der Waals surface area contributed by atoms with E-state index in [4.69, 9.17) is 9.97 Å². The van der Waals surface area contributed by atoms with Crippen molar-refractivity contribution in [2.75, 3.05) is 0 Å². The van der Waals surface area contributed by atoms with Crippen LogP contribution in [0.1, 0.15) is 22.3 Å². The quantitative estimate of drug-likeness (QED) is 0.174. The van der Waals surface area contributed by atoms with Crippen LogP contribution in [0.3, 0.4) is 0 Å². The Hall–Kier alpha value is -7.94. The molecule has 2 aliphatic carbocycles. The van der Waals surface area contributed by atoms with E-state index in [0.717, 1.165) is 39.2 Å². The van der Waals surface area contributed by atoms with Gasteiger partial charge in [0.2, 0.25) is 0 Å². The maximum absolute atomic E-state index is 5.39. The molecule has 1 spiro atoms. The van der Waals surface area contributed by atoms with Gasteiger partial charge in [0.1, 0.15) is 0 Å². The lowest BCUT2D eigenvalue weighted by molar-refractivity contribution is 0.775. The van der Waals surface area contributed by atoms with Gasteiger partial charge in [-0.3, -0.25) is 0 Å². The summed E-state index contributed by atoms with van der Waals surface area (Å²) >= 11 is 0. The Morgan fingerprint density at radius 3 is 1.21 bits per heavy atom. The van der Waals surface area contributed by atoms with E-state index < -0.39 is 5.41 Å². The lowest BCUT2D eigenvalue weighted by Gasteiger charge is -2.35. The summed E-state index contributed by atoms with van der Waals surface area (Å²) in [5.41, 5.74) is 21.7. The first kappa shape index (κ1) is 35.0. The molecule has 0 saturated heterocycles. The van der Waals surface area contributed by atoms with Crippen LogP contribution in [0.2, 0.25) is 0 Å². The Labute approximate surface area is 356 Å². The predicted molar refractivity (Wildman–Crippen MR) is 251 cm³/mol. The Morgan fingerprint density at radius 2 is 0.623 bits per heavy atom. The lowest BCUT2D eigenvalue weighted by atomic mass is 9.66. The molecule has 9 aromatic carbocycles. The van der Waals surface area contributed by atoms with Gasteiger partial charge in [-0.2, -0.15) is 0 Å². The molecule has 0 aliphatic heterocycles. The van der Waals surface area contributed by atoms with Gasteiger partial charge in [0.15, 0.2) is 5.82 Å². The van der Waals surface area contributed by atoms with Crippen molar-refractivity contribution in [3.63, 3.8) is 0 Å². The first-order valence-corrected chi connectivity index (χ1v) is 21.0. The molecule has 0 N–H and O–H groups in total. The number of aromatic nitrogens is 2. The first-order chi connectivity index (χ1) is 30.2.